The second kappa shape index (κ2) is 5.75. The van der Waals surface area contributed by atoms with E-state index in [4.69, 9.17) is 16.9 Å². The van der Waals surface area contributed by atoms with Crippen molar-refractivity contribution in [1.29, 1.82) is 5.26 Å². The van der Waals surface area contributed by atoms with Gasteiger partial charge in [-0.25, -0.2) is 0 Å². The number of anilines is 2. The van der Waals surface area contributed by atoms with Gasteiger partial charge in [0.15, 0.2) is 0 Å². The third kappa shape index (κ3) is 2.70. The SMILES string of the molecule is CN(c1cccc(C#N)c1)c1c(Cl)cccc1CO. The lowest BCUT2D eigenvalue weighted by Gasteiger charge is -2.23. The minimum Gasteiger partial charge on any atom is -0.392 e. The molecule has 0 saturated carbocycles. The van der Waals surface area contributed by atoms with Crippen LogP contribution in [-0.2, 0) is 6.61 Å². The van der Waals surface area contributed by atoms with Crippen molar-refractivity contribution in [3.63, 3.8) is 0 Å². The molecule has 0 heterocycles. The summed E-state index contributed by atoms with van der Waals surface area (Å²) >= 11 is 6.21. The molecule has 0 amide bonds. The molecule has 4 heteroatoms. The standard InChI is InChI=1S/C15H13ClN2O/c1-18(13-6-2-4-11(8-13)9-17)15-12(10-19)5-3-7-14(15)16/h2-8,19H,10H2,1H3. The highest BCUT2D eigenvalue weighted by molar-refractivity contribution is 6.33. The van der Waals surface area contributed by atoms with Crippen LogP contribution in [0.5, 0.6) is 0 Å². The van der Waals surface area contributed by atoms with Crippen LogP contribution in [0.2, 0.25) is 5.02 Å². The molecule has 0 aliphatic rings. The van der Waals surface area contributed by atoms with E-state index in [9.17, 15) is 5.11 Å². The molecular formula is C15H13ClN2O. The molecular weight excluding hydrogens is 260 g/mol. The molecule has 0 fully saturated rings. The lowest BCUT2D eigenvalue weighted by molar-refractivity contribution is 0.282. The average molecular weight is 273 g/mol. The summed E-state index contributed by atoms with van der Waals surface area (Å²) in [6.07, 6.45) is 0. The van der Waals surface area contributed by atoms with Gasteiger partial charge in [-0.1, -0.05) is 29.8 Å². The topological polar surface area (TPSA) is 47.3 Å². The van der Waals surface area contributed by atoms with Crippen molar-refractivity contribution in [2.45, 2.75) is 6.61 Å². The van der Waals surface area contributed by atoms with Crippen LogP contribution in [0.25, 0.3) is 0 Å². The predicted octanol–water partition coefficient (Wildman–Crippen LogP) is 3.47. The molecule has 0 aromatic heterocycles. The van der Waals surface area contributed by atoms with Gasteiger partial charge >= 0.3 is 0 Å². The quantitative estimate of drug-likeness (QED) is 0.931. The summed E-state index contributed by atoms with van der Waals surface area (Å²) < 4.78 is 0. The summed E-state index contributed by atoms with van der Waals surface area (Å²) in [5, 5.41) is 18.9. The number of rotatable bonds is 3. The summed E-state index contributed by atoms with van der Waals surface area (Å²) in [7, 11) is 1.86. The van der Waals surface area contributed by atoms with Gasteiger partial charge < -0.3 is 10.0 Å². The summed E-state index contributed by atoms with van der Waals surface area (Å²) in [6.45, 7) is -0.0851. The number of hydrogen-bond acceptors (Lipinski definition) is 3. The smallest absolute Gasteiger partial charge is 0.0992 e. The van der Waals surface area contributed by atoms with Crippen LogP contribution >= 0.6 is 11.6 Å². The lowest BCUT2D eigenvalue weighted by atomic mass is 10.1. The molecule has 0 radical (unpaired) electrons. The number of hydrogen-bond donors (Lipinski definition) is 1. The van der Waals surface area contributed by atoms with Gasteiger partial charge in [-0.05, 0) is 24.3 Å². The van der Waals surface area contributed by atoms with Crippen molar-refractivity contribution in [3.8, 4) is 6.07 Å². The van der Waals surface area contributed by atoms with Gasteiger partial charge in [0.25, 0.3) is 0 Å². The van der Waals surface area contributed by atoms with Gasteiger partial charge in [0, 0.05) is 18.3 Å². The Kier molecular flexibility index (Phi) is 4.06. The monoisotopic (exact) mass is 272 g/mol. The summed E-state index contributed by atoms with van der Waals surface area (Å²) in [4.78, 5) is 1.87. The Morgan fingerprint density at radius 3 is 2.68 bits per heavy atom. The van der Waals surface area contributed by atoms with E-state index in [2.05, 4.69) is 6.07 Å². The highest BCUT2D eigenvalue weighted by atomic mass is 35.5. The van der Waals surface area contributed by atoms with Crippen LogP contribution in [0.15, 0.2) is 42.5 Å². The van der Waals surface area contributed by atoms with Gasteiger partial charge in [-0.3, -0.25) is 0 Å². The van der Waals surface area contributed by atoms with E-state index in [1.807, 2.05) is 30.1 Å². The average Bonchev–Trinajstić information content (AvgIpc) is 2.46. The van der Waals surface area contributed by atoms with E-state index in [0.29, 0.717) is 10.6 Å². The first-order valence-electron chi connectivity index (χ1n) is 5.79. The molecule has 3 nitrogen and oxygen atoms in total. The van der Waals surface area contributed by atoms with Crippen LogP contribution in [0, 0.1) is 11.3 Å². The van der Waals surface area contributed by atoms with Crippen molar-refractivity contribution >= 4 is 23.0 Å². The van der Waals surface area contributed by atoms with Crippen molar-refractivity contribution < 1.29 is 5.11 Å². The van der Waals surface area contributed by atoms with Gasteiger partial charge in [-0.2, -0.15) is 5.26 Å². The Morgan fingerprint density at radius 2 is 2.00 bits per heavy atom. The number of nitrogens with zero attached hydrogens (tertiary/aromatic N) is 2. The fourth-order valence-corrected chi connectivity index (χ4v) is 2.30. The first-order chi connectivity index (χ1) is 9.17. The lowest BCUT2D eigenvalue weighted by Crippen LogP contribution is -2.12. The summed E-state index contributed by atoms with van der Waals surface area (Å²) in [5.41, 5.74) is 2.93. The Balaban J connectivity index is 2.50. The molecule has 2 rings (SSSR count). The zero-order chi connectivity index (χ0) is 13.8. The first kappa shape index (κ1) is 13.4. The van der Waals surface area contributed by atoms with Gasteiger partial charge in [0.05, 0.1) is 28.9 Å². The van der Waals surface area contributed by atoms with Crippen molar-refractivity contribution in [2.24, 2.45) is 0 Å². The number of para-hydroxylation sites is 1. The Hall–Kier alpha value is -2.02. The maximum Gasteiger partial charge on any atom is 0.0992 e. The second-order valence-electron chi connectivity index (χ2n) is 4.13. The third-order valence-corrected chi connectivity index (χ3v) is 3.24. The molecule has 96 valence electrons. The fraction of sp³-hybridized carbons (Fsp3) is 0.133. The van der Waals surface area contributed by atoms with Gasteiger partial charge in [-0.15, -0.1) is 0 Å². The fourth-order valence-electron chi connectivity index (χ4n) is 1.98. The normalized spacial score (nSPS) is 10.0. The zero-order valence-electron chi connectivity index (χ0n) is 10.5. The van der Waals surface area contributed by atoms with Crippen molar-refractivity contribution in [3.05, 3.63) is 58.6 Å². The van der Waals surface area contributed by atoms with E-state index >= 15 is 0 Å². The largest absolute Gasteiger partial charge is 0.392 e. The van der Waals surface area contributed by atoms with E-state index in [-0.39, 0.29) is 6.61 Å². The minimum atomic E-state index is -0.0851. The van der Waals surface area contributed by atoms with E-state index < -0.39 is 0 Å². The Morgan fingerprint density at radius 1 is 1.26 bits per heavy atom. The molecule has 0 bridgehead atoms. The number of halogens is 1. The molecule has 1 N–H and O–H groups in total. The molecule has 0 aliphatic heterocycles. The van der Waals surface area contributed by atoms with E-state index in [0.717, 1.165) is 16.9 Å². The molecule has 2 aromatic carbocycles. The number of benzene rings is 2. The molecule has 0 aliphatic carbocycles. The van der Waals surface area contributed by atoms with E-state index in [1.165, 1.54) is 0 Å². The van der Waals surface area contributed by atoms with Crippen LogP contribution < -0.4 is 4.90 Å². The third-order valence-electron chi connectivity index (χ3n) is 2.94. The van der Waals surface area contributed by atoms with Crippen LogP contribution in [0.1, 0.15) is 11.1 Å². The van der Waals surface area contributed by atoms with Crippen molar-refractivity contribution in [1.82, 2.24) is 0 Å². The molecule has 2 aromatic rings. The highest BCUT2D eigenvalue weighted by Gasteiger charge is 2.13. The Bertz CT molecular complexity index is 634. The predicted molar refractivity (Wildman–Crippen MR) is 76.6 cm³/mol. The molecule has 0 saturated heterocycles. The minimum absolute atomic E-state index is 0.0851. The maximum atomic E-state index is 9.40. The maximum absolute atomic E-state index is 9.40. The molecule has 0 spiro atoms. The highest BCUT2D eigenvalue weighted by Crippen LogP contribution is 2.34. The summed E-state index contributed by atoms with van der Waals surface area (Å²) in [5.74, 6) is 0. The molecule has 0 unspecified atom stereocenters. The first-order valence-corrected chi connectivity index (χ1v) is 6.17. The Labute approximate surface area is 117 Å². The number of aliphatic hydroxyl groups is 1. The number of aliphatic hydroxyl groups excluding tert-OH is 1. The zero-order valence-corrected chi connectivity index (χ0v) is 11.2. The number of nitriles is 1. The van der Waals surface area contributed by atoms with Crippen LogP contribution in [0.4, 0.5) is 11.4 Å². The van der Waals surface area contributed by atoms with Crippen LogP contribution in [0.3, 0.4) is 0 Å². The molecule has 0 atom stereocenters. The van der Waals surface area contributed by atoms with Crippen LogP contribution in [-0.4, -0.2) is 12.2 Å². The molecule has 19 heavy (non-hydrogen) atoms. The van der Waals surface area contributed by atoms with Gasteiger partial charge in [0.1, 0.15) is 0 Å². The van der Waals surface area contributed by atoms with Crippen molar-refractivity contribution in [2.75, 3.05) is 11.9 Å². The van der Waals surface area contributed by atoms with Gasteiger partial charge in [0.2, 0.25) is 0 Å². The summed E-state index contributed by atoms with van der Waals surface area (Å²) in [6, 6.07) is 14.8. The van der Waals surface area contributed by atoms with E-state index in [1.54, 1.807) is 24.3 Å². The second-order valence-corrected chi connectivity index (χ2v) is 4.53.